The van der Waals surface area contributed by atoms with Gasteiger partial charge in [0.15, 0.2) is 5.13 Å². The number of rotatable bonds is 8. The first kappa shape index (κ1) is 13.5. The van der Waals surface area contributed by atoms with Crippen LogP contribution in [0.4, 0.5) is 5.13 Å². The molecule has 92 valence electrons. The van der Waals surface area contributed by atoms with Crippen LogP contribution in [0.25, 0.3) is 0 Å². The van der Waals surface area contributed by atoms with E-state index in [1.54, 1.807) is 11.3 Å². The summed E-state index contributed by atoms with van der Waals surface area (Å²) < 4.78 is 0. The molecule has 0 aliphatic carbocycles. The van der Waals surface area contributed by atoms with E-state index in [4.69, 9.17) is 5.73 Å². The van der Waals surface area contributed by atoms with Crippen molar-refractivity contribution in [3.63, 3.8) is 0 Å². The first-order chi connectivity index (χ1) is 7.76. The Balaban J connectivity index is 2.41. The number of nitrogen functional groups attached to an aromatic ring is 1. The third kappa shape index (κ3) is 4.94. The molecule has 0 aliphatic rings. The maximum absolute atomic E-state index is 5.64. The Kier molecular flexibility index (Phi) is 6.42. The Hall–Kier alpha value is -0.610. The molecule has 0 unspecified atom stereocenters. The van der Waals surface area contributed by atoms with Crippen LogP contribution >= 0.6 is 11.3 Å². The SMILES string of the molecule is CCCCN(CCCC)Cc1cnc(N)s1. The van der Waals surface area contributed by atoms with Crippen molar-refractivity contribution in [1.82, 2.24) is 9.88 Å². The normalized spacial score (nSPS) is 11.2. The van der Waals surface area contributed by atoms with Crippen LogP contribution in [0.3, 0.4) is 0 Å². The average molecular weight is 241 g/mol. The highest BCUT2D eigenvalue weighted by Crippen LogP contribution is 2.17. The number of nitrogens with two attached hydrogens (primary N) is 1. The molecule has 3 nitrogen and oxygen atoms in total. The summed E-state index contributed by atoms with van der Waals surface area (Å²) in [6.45, 7) is 7.86. The van der Waals surface area contributed by atoms with Gasteiger partial charge in [0.2, 0.25) is 0 Å². The number of hydrogen-bond donors (Lipinski definition) is 1. The number of aromatic nitrogens is 1. The number of nitrogens with zero attached hydrogens (tertiary/aromatic N) is 2. The number of unbranched alkanes of at least 4 members (excludes halogenated alkanes) is 2. The van der Waals surface area contributed by atoms with Gasteiger partial charge in [-0.25, -0.2) is 4.98 Å². The lowest BCUT2D eigenvalue weighted by atomic mass is 10.2. The minimum absolute atomic E-state index is 0.681. The lowest BCUT2D eigenvalue weighted by Gasteiger charge is -2.20. The molecule has 0 spiro atoms. The van der Waals surface area contributed by atoms with Gasteiger partial charge in [-0.1, -0.05) is 26.7 Å². The van der Waals surface area contributed by atoms with Gasteiger partial charge in [0.25, 0.3) is 0 Å². The Morgan fingerprint density at radius 3 is 2.31 bits per heavy atom. The largest absolute Gasteiger partial charge is 0.375 e. The van der Waals surface area contributed by atoms with Gasteiger partial charge in [0.05, 0.1) is 0 Å². The lowest BCUT2D eigenvalue weighted by molar-refractivity contribution is 0.259. The van der Waals surface area contributed by atoms with E-state index in [9.17, 15) is 0 Å². The summed E-state index contributed by atoms with van der Waals surface area (Å²) in [6, 6.07) is 0. The third-order valence-corrected chi connectivity index (χ3v) is 3.42. The summed E-state index contributed by atoms with van der Waals surface area (Å²) in [4.78, 5) is 7.90. The van der Waals surface area contributed by atoms with Gasteiger partial charge in [0.1, 0.15) is 0 Å². The maximum atomic E-state index is 5.64. The summed E-state index contributed by atoms with van der Waals surface area (Å²) in [7, 11) is 0. The monoisotopic (exact) mass is 241 g/mol. The Morgan fingerprint density at radius 1 is 1.25 bits per heavy atom. The van der Waals surface area contributed by atoms with Crippen LogP contribution in [0, 0.1) is 0 Å². The van der Waals surface area contributed by atoms with E-state index < -0.39 is 0 Å². The molecule has 1 aromatic rings. The van der Waals surface area contributed by atoms with Crippen LogP contribution in [0.5, 0.6) is 0 Å². The lowest BCUT2D eigenvalue weighted by Crippen LogP contribution is -2.25. The molecule has 0 radical (unpaired) electrons. The molecule has 0 atom stereocenters. The quantitative estimate of drug-likeness (QED) is 0.760. The second kappa shape index (κ2) is 7.63. The molecule has 0 aliphatic heterocycles. The molecule has 2 N–H and O–H groups in total. The summed E-state index contributed by atoms with van der Waals surface area (Å²) in [5.74, 6) is 0. The molecule has 1 rings (SSSR count). The van der Waals surface area contributed by atoms with Gasteiger partial charge in [0, 0.05) is 17.6 Å². The van der Waals surface area contributed by atoms with Crippen molar-refractivity contribution in [3.05, 3.63) is 11.1 Å². The molecule has 0 saturated carbocycles. The molecular weight excluding hydrogens is 218 g/mol. The highest BCUT2D eigenvalue weighted by molar-refractivity contribution is 7.15. The number of anilines is 1. The zero-order valence-corrected chi connectivity index (χ0v) is 11.2. The van der Waals surface area contributed by atoms with Gasteiger partial charge >= 0.3 is 0 Å². The van der Waals surface area contributed by atoms with Crippen LogP contribution < -0.4 is 5.73 Å². The number of hydrogen-bond acceptors (Lipinski definition) is 4. The third-order valence-electron chi connectivity index (χ3n) is 2.61. The van der Waals surface area contributed by atoms with Gasteiger partial charge < -0.3 is 5.73 Å². The van der Waals surface area contributed by atoms with Crippen molar-refractivity contribution >= 4 is 16.5 Å². The number of thiazole rings is 1. The van der Waals surface area contributed by atoms with Crippen LogP contribution in [0.15, 0.2) is 6.20 Å². The summed E-state index contributed by atoms with van der Waals surface area (Å²) in [6.07, 6.45) is 6.97. The Labute approximate surface area is 103 Å². The van der Waals surface area contributed by atoms with E-state index in [0.29, 0.717) is 5.13 Å². The van der Waals surface area contributed by atoms with Crippen LogP contribution in [0.2, 0.25) is 0 Å². The highest BCUT2D eigenvalue weighted by Gasteiger charge is 2.07. The second-order valence-corrected chi connectivity index (χ2v) is 5.29. The van der Waals surface area contributed by atoms with Gasteiger partial charge in [-0.05, 0) is 25.9 Å². The summed E-state index contributed by atoms with van der Waals surface area (Å²) >= 11 is 1.61. The van der Waals surface area contributed by atoms with Crippen LogP contribution in [0.1, 0.15) is 44.4 Å². The van der Waals surface area contributed by atoms with E-state index in [1.807, 2.05) is 6.20 Å². The topological polar surface area (TPSA) is 42.2 Å². The molecule has 0 amide bonds. The van der Waals surface area contributed by atoms with E-state index in [-0.39, 0.29) is 0 Å². The molecule has 0 saturated heterocycles. The fraction of sp³-hybridized carbons (Fsp3) is 0.750. The summed E-state index contributed by atoms with van der Waals surface area (Å²) in [5.41, 5.74) is 5.64. The molecule has 1 heterocycles. The molecule has 4 heteroatoms. The van der Waals surface area contributed by atoms with E-state index in [0.717, 1.165) is 6.54 Å². The average Bonchev–Trinajstić information content (AvgIpc) is 2.68. The predicted molar refractivity (Wildman–Crippen MR) is 71.6 cm³/mol. The highest BCUT2D eigenvalue weighted by atomic mass is 32.1. The molecule has 0 aromatic carbocycles. The zero-order chi connectivity index (χ0) is 11.8. The Bertz CT molecular complexity index is 278. The van der Waals surface area contributed by atoms with Crippen molar-refractivity contribution in [2.24, 2.45) is 0 Å². The van der Waals surface area contributed by atoms with Gasteiger partial charge in [-0.15, -0.1) is 11.3 Å². The smallest absolute Gasteiger partial charge is 0.180 e. The molecular formula is C12H23N3S. The van der Waals surface area contributed by atoms with Crippen molar-refractivity contribution in [2.45, 2.75) is 46.1 Å². The first-order valence-electron chi connectivity index (χ1n) is 6.18. The fourth-order valence-electron chi connectivity index (χ4n) is 1.65. The van der Waals surface area contributed by atoms with Gasteiger partial charge in [-0.3, -0.25) is 4.90 Å². The Morgan fingerprint density at radius 2 is 1.88 bits per heavy atom. The molecule has 0 bridgehead atoms. The van der Waals surface area contributed by atoms with E-state index in [1.165, 1.54) is 43.6 Å². The van der Waals surface area contributed by atoms with E-state index in [2.05, 4.69) is 23.7 Å². The van der Waals surface area contributed by atoms with E-state index >= 15 is 0 Å². The van der Waals surface area contributed by atoms with Crippen molar-refractivity contribution in [1.29, 1.82) is 0 Å². The van der Waals surface area contributed by atoms with Crippen LogP contribution in [-0.2, 0) is 6.54 Å². The molecule has 0 fully saturated rings. The van der Waals surface area contributed by atoms with Crippen molar-refractivity contribution < 1.29 is 0 Å². The standard InChI is InChI=1S/C12H23N3S/c1-3-5-7-15(8-6-4-2)10-11-9-14-12(13)16-11/h9H,3-8,10H2,1-2H3,(H2,13,14). The second-order valence-electron chi connectivity index (χ2n) is 4.15. The minimum atomic E-state index is 0.681. The van der Waals surface area contributed by atoms with Crippen LogP contribution in [-0.4, -0.2) is 23.0 Å². The van der Waals surface area contributed by atoms with Crippen molar-refractivity contribution in [2.75, 3.05) is 18.8 Å². The molecule has 1 aromatic heterocycles. The van der Waals surface area contributed by atoms with Gasteiger partial charge in [-0.2, -0.15) is 0 Å². The zero-order valence-electron chi connectivity index (χ0n) is 10.4. The predicted octanol–water partition coefficient (Wildman–Crippen LogP) is 3.13. The fourth-order valence-corrected chi connectivity index (χ4v) is 2.38. The van der Waals surface area contributed by atoms with Crippen molar-refractivity contribution in [3.8, 4) is 0 Å². The maximum Gasteiger partial charge on any atom is 0.180 e. The first-order valence-corrected chi connectivity index (χ1v) is 7.00. The molecule has 16 heavy (non-hydrogen) atoms. The summed E-state index contributed by atoms with van der Waals surface area (Å²) in [5, 5.41) is 0.681. The minimum Gasteiger partial charge on any atom is -0.375 e.